The van der Waals surface area contributed by atoms with Crippen LogP contribution in [-0.4, -0.2) is 36.2 Å². The zero-order chi connectivity index (χ0) is 16.8. The molecule has 0 aliphatic heterocycles. The molecule has 5 heteroatoms. The van der Waals surface area contributed by atoms with Crippen LogP contribution in [0.4, 0.5) is 0 Å². The highest BCUT2D eigenvalue weighted by Crippen LogP contribution is 2.15. The SMILES string of the molecule is COCC(C)(NC(=O)CCc1ccc(C(C)C)cc1)C(=O)O. The van der Waals surface area contributed by atoms with Crippen LogP contribution in [0.2, 0.25) is 0 Å². The van der Waals surface area contributed by atoms with Crippen LogP contribution in [0.3, 0.4) is 0 Å². The number of nitrogens with one attached hydrogen (secondary N) is 1. The van der Waals surface area contributed by atoms with E-state index < -0.39 is 11.5 Å². The molecule has 1 aromatic carbocycles. The van der Waals surface area contributed by atoms with E-state index in [4.69, 9.17) is 4.74 Å². The van der Waals surface area contributed by atoms with Gasteiger partial charge in [0.25, 0.3) is 0 Å². The highest BCUT2D eigenvalue weighted by molar-refractivity contribution is 5.86. The molecule has 2 N–H and O–H groups in total. The first-order valence-corrected chi connectivity index (χ1v) is 7.40. The lowest BCUT2D eigenvalue weighted by atomic mass is 9.99. The first kappa shape index (κ1) is 18.2. The summed E-state index contributed by atoms with van der Waals surface area (Å²) in [7, 11) is 1.41. The molecule has 22 heavy (non-hydrogen) atoms. The van der Waals surface area contributed by atoms with Gasteiger partial charge in [-0.25, -0.2) is 4.79 Å². The Balaban J connectivity index is 2.56. The monoisotopic (exact) mass is 307 g/mol. The first-order valence-electron chi connectivity index (χ1n) is 7.40. The van der Waals surface area contributed by atoms with Crippen molar-refractivity contribution in [3.05, 3.63) is 35.4 Å². The van der Waals surface area contributed by atoms with Crippen molar-refractivity contribution in [3.63, 3.8) is 0 Å². The maximum Gasteiger partial charge on any atom is 0.331 e. The molecule has 0 radical (unpaired) electrons. The van der Waals surface area contributed by atoms with E-state index in [9.17, 15) is 14.7 Å². The average molecular weight is 307 g/mol. The van der Waals surface area contributed by atoms with Crippen molar-refractivity contribution in [2.24, 2.45) is 0 Å². The molecule has 0 spiro atoms. The molecule has 0 bridgehead atoms. The summed E-state index contributed by atoms with van der Waals surface area (Å²) in [6.45, 7) is 5.63. The summed E-state index contributed by atoms with van der Waals surface area (Å²) in [4.78, 5) is 23.2. The highest BCUT2D eigenvalue weighted by Gasteiger charge is 2.34. The molecule has 0 heterocycles. The Hall–Kier alpha value is -1.88. The summed E-state index contributed by atoms with van der Waals surface area (Å²) in [5, 5.41) is 11.7. The lowest BCUT2D eigenvalue weighted by Gasteiger charge is -2.25. The Bertz CT molecular complexity index is 510. The van der Waals surface area contributed by atoms with Crippen molar-refractivity contribution in [2.45, 2.75) is 45.1 Å². The molecular weight excluding hydrogens is 282 g/mol. The molecular formula is C17H25NO4. The molecule has 5 nitrogen and oxygen atoms in total. The summed E-state index contributed by atoms with van der Waals surface area (Å²) < 4.78 is 4.87. The van der Waals surface area contributed by atoms with E-state index in [-0.39, 0.29) is 18.9 Å². The second-order valence-corrected chi connectivity index (χ2v) is 6.01. The first-order chi connectivity index (χ1) is 10.3. The smallest absolute Gasteiger partial charge is 0.331 e. The standard InChI is InChI=1S/C17H25NO4/c1-12(2)14-8-5-13(6-9-14)7-10-15(19)18-17(3,11-22-4)16(20)21/h5-6,8-9,12H,7,10-11H2,1-4H3,(H,18,19)(H,20,21). The number of carbonyl (C=O) groups is 2. The predicted octanol–water partition coefficient (Wildman–Crippen LogP) is 2.35. The molecule has 1 rings (SSSR count). The van der Waals surface area contributed by atoms with Crippen LogP contribution in [0.5, 0.6) is 0 Å². The highest BCUT2D eigenvalue weighted by atomic mass is 16.5. The normalized spacial score (nSPS) is 13.7. The van der Waals surface area contributed by atoms with Gasteiger partial charge in [-0.2, -0.15) is 0 Å². The van der Waals surface area contributed by atoms with E-state index in [1.165, 1.54) is 19.6 Å². The molecule has 1 aromatic rings. The van der Waals surface area contributed by atoms with Crippen LogP contribution in [0.25, 0.3) is 0 Å². The van der Waals surface area contributed by atoms with E-state index in [0.29, 0.717) is 12.3 Å². The van der Waals surface area contributed by atoms with E-state index in [2.05, 4.69) is 31.3 Å². The number of carboxylic acids is 1. The fourth-order valence-electron chi connectivity index (χ4n) is 2.14. The molecule has 1 amide bonds. The molecule has 0 aliphatic rings. The van der Waals surface area contributed by atoms with Gasteiger partial charge >= 0.3 is 5.97 Å². The summed E-state index contributed by atoms with van der Waals surface area (Å²) in [6.07, 6.45) is 0.820. The third-order valence-corrected chi connectivity index (χ3v) is 3.61. The van der Waals surface area contributed by atoms with E-state index >= 15 is 0 Å². The van der Waals surface area contributed by atoms with Gasteiger partial charge in [0.15, 0.2) is 5.54 Å². The van der Waals surface area contributed by atoms with Gasteiger partial charge in [0.2, 0.25) is 5.91 Å². The quantitative estimate of drug-likeness (QED) is 0.773. The van der Waals surface area contributed by atoms with Crippen molar-refractivity contribution in [1.29, 1.82) is 0 Å². The number of methoxy groups -OCH3 is 1. The number of amides is 1. The Kier molecular flexibility index (Phi) is 6.56. The lowest BCUT2D eigenvalue weighted by Crippen LogP contribution is -2.55. The maximum absolute atomic E-state index is 12.0. The minimum Gasteiger partial charge on any atom is -0.479 e. The second-order valence-electron chi connectivity index (χ2n) is 6.01. The summed E-state index contributed by atoms with van der Waals surface area (Å²) >= 11 is 0. The second kappa shape index (κ2) is 7.94. The van der Waals surface area contributed by atoms with Crippen molar-refractivity contribution < 1.29 is 19.4 Å². The Morgan fingerprint density at radius 3 is 2.32 bits per heavy atom. The van der Waals surface area contributed by atoms with Gasteiger partial charge in [-0.3, -0.25) is 4.79 Å². The van der Waals surface area contributed by atoms with Gasteiger partial charge in [-0.05, 0) is 30.4 Å². The van der Waals surface area contributed by atoms with Crippen LogP contribution in [0.1, 0.15) is 44.2 Å². The summed E-state index contributed by atoms with van der Waals surface area (Å²) in [5.74, 6) is -0.929. The topological polar surface area (TPSA) is 75.6 Å². The fourth-order valence-corrected chi connectivity index (χ4v) is 2.14. The van der Waals surface area contributed by atoms with E-state index in [0.717, 1.165) is 5.56 Å². The van der Waals surface area contributed by atoms with Crippen molar-refractivity contribution in [3.8, 4) is 0 Å². The molecule has 1 atom stereocenters. The maximum atomic E-state index is 12.0. The molecule has 0 aromatic heterocycles. The van der Waals surface area contributed by atoms with Gasteiger partial charge in [-0.1, -0.05) is 38.1 Å². The number of aliphatic carboxylic acids is 1. The van der Waals surface area contributed by atoms with Gasteiger partial charge in [0, 0.05) is 13.5 Å². The number of rotatable bonds is 8. The molecule has 1 unspecified atom stereocenters. The van der Waals surface area contributed by atoms with Crippen LogP contribution >= 0.6 is 0 Å². The Labute approximate surface area is 131 Å². The molecule has 0 saturated carbocycles. The third kappa shape index (κ3) is 5.15. The largest absolute Gasteiger partial charge is 0.479 e. The molecule has 0 saturated heterocycles. The van der Waals surface area contributed by atoms with Crippen LogP contribution in [0, 0.1) is 0 Å². The van der Waals surface area contributed by atoms with Gasteiger partial charge in [0.1, 0.15) is 0 Å². The third-order valence-electron chi connectivity index (χ3n) is 3.61. The Morgan fingerprint density at radius 2 is 1.86 bits per heavy atom. The fraction of sp³-hybridized carbons (Fsp3) is 0.529. The number of benzene rings is 1. The van der Waals surface area contributed by atoms with Crippen molar-refractivity contribution in [2.75, 3.05) is 13.7 Å². The average Bonchev–Trinajstić information content (AvgIpc) is 2.45. The van der Waals surface area contributed by atoms with Crippen LogP contribution in [-0.2, 0) is 20.7 Å². The Morgan fingerprint density at radius 1 is 1.27 bits per heavy atom. The predicted molar refractivity (Wildman–Crippen MR) is 84.9 cm³/mol. The zero-order valence-corrected chi connectivity index (χ0v) is 13.7. The number of hydrogen-bond donors (Lipinski definition) is 2. The molecule has 0 aliphatic carbocycles. The van der Waals surface area contributed by atoms with Crippen molar-refractivity contribution >= 4 is 11.9 Å². The van der Waals surface area contributed by atoms with Gasteiger partial charge in [-0.15, -0.1) is 0 Å². The van der Waals surface area contributed by atoms with Gasteiger partial charge in [0.05, 0.1) is 6.61 Å². The van der Waals surface area contributed by atoms with E-state index in [1.54, 1.807) is 0 Å². The number of ether oxygens (including phenoxy) is 1. The number of hydrogen-bond acceptors (Lipinski definition) is 3. The minimum absolute atomic E-state index is 0.0723. The number of aryl methyl sites for hydroxylation is 1. The van der Waals surface area contributed by atoms with Gasteiger partial charge < -0.3 is 15.2 Å². The lowest BCUT2D eigenvalue weighted by molar-refractivity contribution is -0.149. The van der Waals surface area contributed by atoms with Crippen molar-refractivity contribution in [1.82, 2.24) is 5.32 Å². The van der Waals surface area contributed by atoms with E-state index in [1.807, 2.05) is 12.1 Å². The molecule has 0 fully saturated rings. The zero-order valence-electron chi connectivity index (χ0n) is 13.7. The summed E-state index contributed by atoms with van der Waals surface area (Å²) in [5.41, 5.74) is 0.919. The minimum atomic E-state index is -1.40. The molecule has 122 valence electrons. The van der Waals surface area contributed by atoms with Crippen LogP contribution in [0.15, 0.2) is 24.3 Å². The summed E-state index contributed by atoms with van der Waals surface area (Å²) in [6, 6.07) is 8.14. The number of carbonyl (C=O) groups excluding carboxylic acids is 1. The number of carboxylic acid groups (broad SMARTS) is 1. The van der Waals surface area contributed by atoms with Crippen LogP contribution < -0.4 is 5.32 Å².